The summed E-state index contributed by atoms with van der Waals surface area (Å²) in [6.45, 7) is 1.74. The van der Waals surface area contributed by atoms with Crippen molar-refractivity contribution in [2.45, 2.75) is 12.8 Å². The fourth-order valence-corrected chi connectivity index (χ4v) is 2.76. The second-order valence-corrected chi connectivity index (χ2v) is 5.18. The third-order valence-electron chi connectivity index (χ3n) is 3.77. The SMILES string of the molecule is O=C(c1ccc[nH]1)N1CCC(Cc2ccccc2)C1. The van der Waals surface area contributed by atoms with Crippen LogP contribution in [0.2, 0.25) is 0 Å². The third kappa shape index (κ3) is 2.70. The lowest BCUT2D eigenvalue weighted by Crippen LogP contribution is -2.29. The van der Waals surface area contributed by atoms with Gasteiger partial charge < -0.3 is 9.88 Å². The number of benzene rings is 1. The number of aromatic amines is 1. The quantitative estimate of drug-likeness (QED) is 0.898. The molecule has 1 saturated heterocycles. The maximum Gasteiger partial charge on any atom is 0.270 e. The first-order valence-electron chi connectivity index (χ1n) is 6.79. The van der Waals surface area contributed by atoms with E-state index in [0.29, 0.717) is 11.6 Å². The van der Waals surface area contributed by atoms with E-state index in [1.165, 1.54) is 5.56 Å². The van der Waals surface area contributed by atoms with Gasteiger partial charge >= 0.3 is 0 Å². The highest BCUT2D eigenvalue weighted by molar-refractivity contribution is 5.92. The first kappa shape index (κ1) is 12.0. The van der Waals surface area contributed by atoms with E-state index in [2.05, 4.69) is 29.2 Å². The zero-order valence-corrected chi connectivity index (χ0v) is 10.9. The van der Waals surface area contributed by atoms with Crippen LogP contribution in [0.1, 0.15) is 22.5 Å². The van der Waals surface area contributed by atoms with Crippen molar-refractivity contribution in [1.82, 2.24) is 9.88 Å². The summed E-state index contributed by atoms with van der Waals surface area (Å²) in [5.74, 6) is 0.710. The number of hydrogen-bond acceptors (Lipinski definition) is 1. The number of hydrogen-bond donors (Lipinski definition) is 1. The molecule has 3 nitrogen and oxygen atoms in total. The molecule has 1 fully saturated rings. The number of carbonyl (C=O) groups is 1. The number of amides is 1. The minimum Gasteiger partial charge on any atom is -0.357 e. The maximum absolute atomic E-state index is 12.2. The van der Waals surface area contributed by atoms with Gasteiger partial charge in [-0.2, -0.15) is 0 Å². The van der Waals surface area contributed by atoms with Crippen LogP contribution >= 0.6 is 0 Å². The van der Waals surface area contributed by atoms with Gasteiger partial charge in [0.1, 0.15) is 5.69 Å². The number of rotatable bonds is 3. The van der Waals surface area contributed by atoms with Gasteiger partial charge in [-0.15, -0.1) is 0 Å². The predicted octanol–water partition coefficient (Wildman–Crippen LogP) is 2.72. The zero-order chi connectivity index (χ0) is 13.1. The molecule has 1 amide bonds. The molecule has 1 aromatic heterocycles. The number of carbonyl (C=O) groups excluding carboxylic acids is 1. The minimum atomic E-state index is 0.126. The lowest BCUT2D eigenvalue weighted by atomic mass is 9.99. The van der Waals surface area contributed by atoms with Crippen LogP contribution in [-0.2, 0) is 6.42 Å². The van der Waals surface area contributed by atoms with Crippen LogP contribution < -0.4 is 0 Å². The largest absolute Gasteiger partial charge is 0.357 e. The first-order valence-corrected chi connectivity index (χ1v) is 6.79. The summed E-state index contributed by atoms with van der Waals surface area (Å²) in [4.78, 5) is 17.1. The van der Waals surface area contributed by atoms with Gasteiger partial charge in [0.15, 0.2) is 0 Å². The lowest BCUT2D eigenvalue weighted by molar-refractivity contribution is 0.0782. The van der Waals surface area contributed by atoms with E-state index in [1.54, 1.807) is 6.20 Å². The van der Waals surface area contributed by atoms with E-state index in [1.807, 2.05) is 23.1 Å². The van der Waals surface area contributed by atoms with E-state index >= 15 is 0 Å². The molecule has 0 radical (unpaired) electrons. The fourth-order valence-electron chi connectivity index (χ4n) is 2.76. The van der Waals surface area contributed by atoms with Crippen LogP contribution in [-0.4, -0.2) is 28.9 Å². The van der Waals surface area contributed by atoms with Gasteiger partial charge in [0.25, 0.3) is 5.91 Å². The summed E-state index contributed by atoms with van der Waals surface area (Å²) in [7, 11) is 0. The highest BCUT2D eigenvalue weighted by atomic mass is 16.2. The molecule has 1 N–H and O–H groups in total. The second-order valence-electron chi connectivity index (χ2n) is 5.18. The molecule has 98 valence electrons. The topological polar surface area (TPSA) is 36.1 Å². The van der Waals surface area contributed by atoms with Crippen LogP contribution in [0.15, 0.2) is 48.7 Å². The van der Waals surface area contributed by atoms with Crippen LogP contribution in [0.3, 0.4) is 0 Å². The van der Waals surface area contributed by atoms with Gasteiger partial charge in [-0.1, -0.05) is 30.3 Å². The molecule has 3 heteroatoms. The van der Waals surface area contributed by atoms with Crippen molar-refractivity contribution < 1.29 is 4.79 Å². The Balaban J connectivity index is 1.60. The van der Waals surface area contributed by atoms with E-state index < -0.39 is 0 Å². The van der Waals surface area contributed by atoms with Crippen molar-refractivity contribution >= 4 is 5.91 Å². The number of nitrogens with one attached hydrogen (secondary N) is 1. The van der Waals surface area contributed by atoms with E-state index in [0.717, 1.165) is 25.9 Å². The molecule has 0 aliphatic carbocycles. The normalized spacial score (nSPS) is 18.7. The molecule has 0 bridgehead atoms. The Bertz CT molecular complexity index is 533. The maximum atomic E-state index is 12.2. The molecule has 1 unspecified atom stereocenters. The van der Waals surface area contributed by atoms with Crippen molar-refractivity contribution in [3.8, 4) is 0 Å². The number of nitrogens with zero attached hydrogens (tertiary/aromatic N) is 1. The van der Waals surface area contributed by atoms with Crippen LogP contribution in [0, 0.1) is 5.92 Å². The van der Waals surface area contributed by atoms with E-state index in [9.17, 15) is 4.79 Å². The fraction of sp³-hybridized carbons (Fsp3) is 0.312. The Morgan fingerprint density at radius 1 is 1.21 bits per heavy atom. The van der Waals surface area contributed by atoms with Gasteiger partial charge in [0.05, 0.1) is 0 Å². The molecule has 1 aliphatic heterocycles. The van der Waals surface area contributed by atoms with Gasteiger partial charge in [0, 0.05) is 19.3 Å². The summed E-state index contributed by atoms with van der Waals surface area (Å²) >= 11 is 0. The predicted molar refractivity (Wildman–Crippen MR) is 74.9 cm³/mol. The summed E-state index contributed by atoms with van der Waals surface area (Å²) in [6.07, 6.45) is 3.96. The van der Waals surface area contributed by atoms with Crippen LogP contribution in [0.4, 0.5) is 0 Å². The smallest absolute Gasteiger partial charge is 0.270 e. The molecular formula is C16H18N2O. The Hall–Kier alpha value is -2.03. The van der Waals surface area contributed by atoms with Gasteiger partial charge in [0.2, 0.25) is 0 Å². The molecule has 1 atom stereocenters. The summed E-state index contributed by atoms with van der Waals surface area (Å²) in [5.41, 5.74) is 2.06. The number of aromatic nitrogens is 1. The first-order chi connectivity index (χ1) is 9.33. The second kappa shape index (κ2) is 5.31. The lowest BCUT2D eigenvalue weighted by Gasteiger charge is -2.15. The van der Waals surface area contributed by atoms with Crippen LogP contribution in [0.5, 0.6) is 0 Å². The Kier molecular flexibility index (Phi) is 3.36. The Morgan fingerprint density at radius 2 is 2.05 bits per heavy atom. The third-order valence-corrected chi connectivity index (χ3v) is 3.77. The van der Waals surface area contributed by atoms with Gasteiger partial charge in [-0.25, -0.2) is 0 Å². The van der Waals surface area contributed by atoms with Gasteiger partial charge in [-0.05, 0) is 36.5 Å². The molecule has 3 rings (SSSR count). The molecule has 19 heavy (non-hydrogen) atoms. The van der Waals surface area contributed by atoms with Crippen molar-refractivity contribution in [1.29, 1.82) is 0 Å². The van der Waals surface area contributed by atoms with E-state index in [4.69, 9.17) is 0 Å². The minimum absolute atomic E-state index is 0.126. The standard InChI is InChI=1S/C16H18N2O/c19-16(15-7-4-9-17-15)18-10-8-14(12-18)11-13-5-2-1-3-6-13/h1-7,9,14,17H,8,10-12H2. The van der Waals surface area contributed by atoms with Crippen molar-refractivity contribution in [2.75, 3.05) is 13.1 Å². The molecular weight excluding hydrogens is 236 g/mol. The van der Waals surface area contributed by atoms with E-state index in [-0.39, 0.29) is 5.91 Å². The highest BCUT2D eigenvalue weighted by Gasteiger charge is 2.27. The Morgan fingerprint density at radius 3 is 2.79 bits per heavy atom. The molecule has 1 aliphatic rings. The monoisotopic (exact) mass is 254 g/mol. The molecule has 2 heterocycles. The summed E-state index contributed by atoms with van der Waals surface area (Å²) < 4.78 is 0. The molecule has 0 saturated carbocycles. The van der Waals surface area contributed by atoms with Crippen molar-refractivity contribution in [3.05, 3.63) is 59.9 Å². The van der Waals surface area contributed by atoms with Gasteiger partial charge in [-0.3, -0.25) is 4.79 Å². The molecule has 0 spiro atoms. The summed E-state index contributed by atoms with van der Waals surface area (Å²) in [6, 6.07) is 14.2. The van der Waals surface area contributed by atoms with Crippen molar-refractivity contribution in [3.63, 3.8) is 0 Å². The molecule has 2 aromatic rings. The highest BCUT2D eigenvalue weighted by Crippen LogP contribution is 2.22. The molecule has 1 aromatic carbocycles. The Labute approximate surface area is 113 Å². The number of H-pyrrole nitrogens is 1. The summed E-state index contributed by atoms with van der Waals surface area (Å²) in [5, 5.41) is 0. The van der Waals surface area contributed by atoms with Crippen LogP contribution in [0.25, 0.3) is 0 Å². The van der Waals surface area contributed by atoms with Crippen molar-refractivity contribution in [2.24, 2.45) is 5.92 Å². The average molecular weight is 254 g/mol. The number of likely N-dealkylation sites (tertiary alicyclic amines) is 1. The zero-order valence-electron chi connectivity index (χ0n) is 10.9. The average Bonchev–Trinajstić information content (AvgIpc) is 3.10.